The molecule has 19 heteroatoms. The van der Waals surface area contributed by atoms with Crippen LogP contribution < -0.4 is 10.9 Å². The summed E-state index contributed by atoms with van der Waals surface area (Å²) in [5, 5.41) is 0.106. The topological polar surface area (TPSA) is 168 Å². The highest BCUT2D eigenvalue weighted by Crippen LogP contribution is 2.30. The monoisotopic (exact) mass is 1030 g/mol. The van der Waals surface area contributed by atoms with Gasteiger partial charge in [-0.1, -0.05) is 51.4 Å². The minimum atomic E-state index is -0.909. The van der Waals surface area contributed by atoms with Crippen molar-refractivity contribution >= 4 is 80.2 Å². The van der Waals surface area contributed by atoms with Crippen molar-refractivity contribution in [3.63, 3.8) is 0 Å². The molecule has 0 N–H and O–H groups in total. The molecular formula is C45H47ClF3IN2O12. The van der Waals surface area contributed by atoms with Gasteiger partial charge in [0.1, 0.15) is 41.8 Å². The van der Waals surface area contributed by atoms with Crippen LogP contribution in [0.3, 0.4) is 0 Å². The lowest BCUT2D eigenvalue weighted by Gasteiger charge is -2.26. The van der Waals surface area contributed by atoms with Gasteiger partial charge in [0.25, 0.3) is 0 Å². The summed E-state index contributed by atoms with van der Waals surface area (Å²) in [4.78, 5) is 74.0. The van der Waals surface area contributed by atoms with Crippen LogP contribution in [-0.2, 0) is 34.8 Å². The Morgan fingerprint density at radius 1 is 0.672 bits per heavy atom. The number of hydrogen-bond acceptors (Lipinski definition) is 12. The number of carbonyl (C=O) groups is 4. The molecule has 2 unspecified atom stereocenters. The lowest BCUT2D eigenvalue weighted by atomic mass is 9.99. The van der Waals surface area contributed by atoms with Gasteiger partial charge in [-0.15, -0.1) is 0 Å². The summed E-state index contributed by atoms with van der Waals surface area (Å²) < 4.78 is 76.6. The first-order chi connectivity index (χ1) is 30.3. The number of ether oxygens (including phenoxy) is 6. The lowest BCUT2D eigenvalue weighted by Crippen LogP contribution is -2.28. The third-order valence-corrected chi connectivity index (χ3v) is 11.1. The molecule has 3 aromatic carbocycles. The number of pyridine rings is 2. The molecule has 344 valence electrons. The minimum Gasteiger partial charge on any atom is -0.462 e. The van der Waals surface area contributed by atoms with Crippen LogP contribution in [-0.4, -0.2) is 74.0 Å². The summed E-state index contributed by atoms with van der Waals surface area (Å²) in [5.41, 5.74) is -0.978. The van der Waals surface area contributed by atoms with Crippen LogP contribution in [0, 0.1) is 32.9 Å². The zero-order chi connectivity index (χ0) is 47.6. The van der Waals surface area contributed by atoms with Crippen LogP contribution in [0.4, 0.5) is 22.8 Å². The highest BCUT2D eigenvalue weighted by atomic mass is 127. The van der Waals surface area contributed by atoms with Gasteiger partial charge >= 0.3 is 24.2 Å². The predicted octanol–water partition coefficient (Wildman–Crippen LogP) is 9.58. The summed E-state index contributed by atoms with van der Waals surface area (Å²) in [7, 11) is 2.36. The molecule has 0 bridgehead atoms. The molecule has 0 fully saturated rings. The molecule has 0 aliphatic rings. The molecule has 2 heterocycles. The van der Waals surface area contributed by atoms with Gasteiger partial charge in [-0.2, -0.15) is 0 Å². The Balaban J connectivity index is 0.000000290. The third-order valence-electron chi connectivity index (χ3n) is 10.0. The molecule has 0 saturated carbocycles. The number of carbonyl (C=O) groups excluding carboxylic acids is 4. The summed E-state index contributed by atoms with van der Waals surface area (Å²) in [6.45, 7) is 10.6. The van der Waals surface area contributed by atoms with Crippen molar-refractivity contribution < 1.29 is 60.8 Å². The second-order valence-electron chi connectivity index (χ2n) is 14.8. The SMILES string of the molecule is CCOC(=O)c1cn(C(COC(=O)OC)C(C)C)c2cc(F)c(Cc3cccc(Cl)c3F)cc2c1=O.CCOC(=O)c1cn(C(COC(=O)OC)C(C)C)c2cc(F)c(I)cc2c1=O. The number of nitrogens with zero attached hydrogens (tertiary/aromatic N) is 2. The van der Waals surface area contributed by atoms with E-state index in [0.717, 1.165) is 6.07 Å². The zero-order valence-corrected chi connectivity index (χ0v) is 39.1. The number of benzene rings is 3. The second-order valence-corrected chi connectivity index (χ2v) is 16.4. The van der Waals surface area contributed by atoms with Gasteiger partial charge in [0.15, 0.2) is 0 Å². The quantitative estimate of drug-likeness (QED) is 0.0588. The first-order valence-electron chi connectivity index (χ1n) is 19.9. The normalized spacial score (nSPS) is 12.0. The fourth-order valence-electron chi connectivity index (χ4n) is 6.66. The lowest BCUT2D eigenvalue weighted by molar-refractivity contribution is 0.0507. The molecule has 14 nitrogen and oxygen atoms in total. The molecule has 2 atom stereocenters. The van der Waals surface area contributed by atoms with E-state index in [1.807, 2.05) is 27.7 Å². The van der Waals surface area contributed by atoms with Crippen LogP contribution in [0.5, 0.6) is 0 Å². The number of fused-ring (bicyclic) bond motifs is 2. The van der Waals surface area contributed by atoms with E-state index in [-0.39, 0.29) is 91.8 Å². The van der Waals surface area contributed by atoms with Crippen LogP contribution in [0.15, 0.2) is 64.4 Å². The first-order valence-corrected chi connectivity index (χ1v) is 21.3. The molecule has 0 aliphatic carbocycles. The van der Waals surface area contributed by atoms with Gasteiger partial charge in [-0.3, -0.25) is 9.59 Å². The van der Waals surface area contributed by atoms with Crippen molar-refractivity contribution in [2.24, 2.45) is 11.8 Å². The van der Waals surface area contributed by atoms with Gasteiger partial charge in [-0.05, 0) is 89.7 Å². The Bertz CT molecular complexity index is 2670. The number of methoxy groups -OCH3 is 2. The fraction of sp³-hybridized carbons (Fsp3) is 0.378. The highest BCUT2D eigenvalue weighted by Gasteiger charge is 2.27. The van der Waals surface area contributed by atoms with Crippen LogP contribution in [0.2, 0.25) is 5.02 Å². The van der Waals surface area contributed by atoms with Crippen molar-refractivity contribution in [3.8, 4) is 0 Å². The van der Waals surface area contributed by atoms with Crippen molar-refractivity contribution in [1.82, 2.24) is 9.13 Å². The van der Waals surface area contributed by atoms with Crippen molar-refractivity contribution in [2.75, 3.05) is 40.6 Å². The number of esters is 2. The molecule has 0 amide bonds. The molecule has 0 spiro atoms. The standard InChI is InChI=1S/C26H26ClF2NO6.C19H21FINO6/c1-5-35-25(32)18-12-30(22(14(2)3)13-36-26(33)34-4)21-11-20(28)16(10-17(21)24(18)31)9-15-7-6-8-19(27)23(15)29;1-5-27-18(24)12-8-22(16(10(2)3)9-28-19(25)26-4)15-7-13(20)14(21)6-11(15)17(12)23/h6-8,10-12,14,22H,5,9,13H2,1-4H3;6-8,10,16H,5,9H2,1-4H3. The van der Waals surface area contributed by atoms with E-state index < -0.39 is 64.6 Å². The van der Waals surface area contributed by atoms with E-state index >= 15 is 4.39 Å². The molecule has 0 radical (unpaired) electrons. The van der Waals surface area contributed by atoms with Crippen LogP contribution >= 0.6 is 34.2 Å². The van der Waals surface area contributed by atoms with Gasteiger partial charge in [0, 0.05) is 33.2 Å². The van der Waals surface area contributed by atoms with E-state index in [1.165, 1.54) is 61.5 Å². The van der Waals surface area contributed by atoms with Gasteiger partial charge in [0.05, 0.1) is 55.6 Å². The maximum absolute atomic E-state index is 15.3. The summed E-state index contributed by atoms with van der Waals surface area (Å²) >= 11 is 7.64. The summed E-state index contributed by atoms with van der Waals surface area (Å²) in [6, 6.07) is 8.40. The third kappa shape index (κ3) is 11.9. The molecule has 64 heavy (non-hydrogen) atoms. The van der Waals surface area contributed by atoms with E-state index in [0.29, 0.717) is 5.52 Å². The summed E-state index contributed by atoms with van der Waals surface area (Å²) in [5.74, 6) is -3.72. The Kier molecular flexibility index (Phi) is 18.2. The maximum Gasteiger partial charge on any atom is 0.508 e. The van der Waals surface area contributed by atoms with Crippen molar-refractivity contribution in [1.29, 1.82) is 0 Å². The number of halogens is 5. The number of hydrogen-bond donors (Lipinski definition) is 0. The first kappa shape index (κ1) is 51.0. The molecular weight excluding hydrogens is 980 g/mol. The average Bonchev–Trinajstić information content (AvgIpc) is 3.25. The highest BCUT2D eigenvalue weighted by molar-refractivity contribution is 14.1. The fourth-order valence-corrected chi connectivity index (χ4v) is 7.32. The number of aromatic nitrogens is 2. The van der Waals surface area contributed by atoms with Gasteiger partial charge in [0.2, 0.25) is 10.9 Å². The van der Waals surface area contributed by atoms with Gasteiger partial charge < -0.3 is 37.6 Å². The second kappa shape index (κ2) is 22.8. The van der Waals surface area contributed by atoms with E-state index in [9.17, 15) is 37.5 Å². The van der Waals surface area contributed by atoms with Crippen LogP contribution in [0.25, 0.3) is 21.8 Å². The molecule has 0 aliphatic heterocycles. The number of rotatable bonds is 14. The Morgan fingerprint density at radius 3 is 1.56 bits per heavy atom. The van der Waals surface area contributed by atoms with Gasteiger partial charge in [-0.25, -0.2) is 32.3 Å². The molecule has 5 rings (SSSR count). The Hall–Kier alpha value is -5.63. The smallest absolute Gasteiger partial charge is 0.462 e. The summed E-state index contributed by atoms with van der Waals surface area (Å²) in [6.07, 6.45) is 0.677. The molecule has 0 saturated heterocycles. The van der Waals surface area contributed by atoms with Crippen molar-refractivity contribution in [2.45, 2.75) is 60.0 Å². The maximum atomic E-state index is 15.3. The predicted molar refractivity (Wildman–Crippen MR) is 240 cm³/mol. The molecule has 5 aromatic rings. The Labute approximate surface area is 384 Å². The molecule has 2 aromatic heterocycles. The van der Waals surface area contributed by atoms with E-state index in [2.05, 4.69) is 9.47 Å². The Morgan fingerprint density at radius 2 is 1.12 bits per heavy atom. The zero-order valence-electron chi connectivity index (χ0n) is 36.2. The largest absolute Gasteiger partial charge is 0.508 e. The van der Waals surface area contributed by atoms with Crippen molar-refractivity contribution in [3.05, 3.63) is 124 Å². The van der Waals surface area contributed by atoms with E-state index in [1.54, 1.807) is 47.1 Å². The minimum absolute atomic E-state index is 0.0307. The van der Waals surface area contributed by atoms with E-state index in [4.69, 9.17) is 30.5 Å². The average molecular weight is 1030 g/mol. The van der Waals surface area contributed by atoms with Crippen LogP contribution in [0.1, 0.15) is 85.5 Å².